The van der Waals surface area contributed by atoms with Crippen LogP contribution in [-0.4, -0.2) is 10.7 Å². The molecule has 0 spiro atoms. The average molecular weight is 377 g/mol. The third-order valence-electron chi connectivity index (χ3n) is 5.87. The van der Waals surface area contributed by atoms with Crippen molar-refractivity contribution in [1.29, 1.82) is 0 Å². The maximum Gasteiger partial charge on any atom is 0.0970 e. The summed E-state index contributed by atoms with van der Waals surface area (Å²) in [6.07, 6.45) is 2.09. The highest BCUT2D eigenvalue weighted by molar-refractivity contribution is 6.03. The van der Waals surface area contributed by atoms with Crippen molar-refractivity contribution in [3.63, 3.8) is 0 Å². The lowest BCUT2D eigenvalue weighted by Gasteiger charge is -2.19. The van der Waals surface area contributed by atoms with Crippen LogP contribution in [-0.2, 0) is 0 Å². The van der Waals surface area contributed by atoms with Gasteiger partial charge in [-0.05, 0) is 55.0 Å². The highest BCUT2D eigenvalue weighted by atomic mass is 14.8. The summed E-state index contributed by atoms with van der Waals surface area (Å²) in [7, 11) is 0. The molecule has 0 saturated heterocycles. The minimum absolute atomic E-state index is 0.347. The van der Waals surface area contributed by atoms with E-state index in [1.54, 1.807) is 0 Å². The van der Waals surface area contributed by atoms with E-state index in [0.29, 0.717) is 5.92 Å². The van der Waals surface area contributed by atoms with Crippen molar-refractivity contribution in [3.05, 3.63) is 95.7 Å². The van der Waals surface area contributed by atoms with Crippen LogP contribution in [0, 0.1) is 6.92 Å². The summed E-state index contributed by atoms with van der Waals surface area (Å²) in [5.41, 5.74) is 9.36. The van der Waals surface area contributed by atoms with E-state index in [2.05, 4.69) is 92.7 Å². The van der Waals surface area contributed by atoms with Gasteiger partial charge in [-0.3, -0.25) is 9.98 Å². The first-order valence-electron chi connectivity index (χ1n) is 10.3. The number of aryl methyl sites for hydroxylation is 1. The van der Waals surface area contributed by atoms with Crippen LogP contribution >= 0.6 is 0 Å². The minimum atomic E-state index is 0.347. The molecule has 2 nitrogen and oxygen atoms in total. The highest BCUT2D eigenvalue weighted by Crippen LogP contribution is 2.43. The van der Waals surface area contributed by atoms with Crippen molar-refractivity contribution >= 4 is 22.3 Å². The van der Waals surface area contributed by atoms with Crippen LogP contribution < -0.4 is 0 Å². The van der Waals surface area contributed by atoms with Crippen LogP contribution in [0.5, 0.6) is 0 Å². The average Bonchev–Trinajstić information content (AvgIpc) is 2.93. The van der Waals surface area contributed by atoms with Gasteiger partial charge in [0.15, 0.2) is 0 Å². The zero-order valence-corrected chi connectivity index (χ0v) is 16.9. The Morgan fingerprint density at radius 3 is 2.31 bits per heavy atom. The van der Waals surface area contributed by atoms with Gasteiger partial charge in [0.05, 0.1) is 11.2 Å². The van der Waals surface area contributed by atoms with Crippen LogP contribution in [0.2, 0.25) is 0 Å². The third-order valence-corrected chi connectivity index (χ3v) is 5.87. The molecule has 1 unspecified atom stereocenters. The fourth-order valence-corrected chi connectivity index (χ4v) is 4.46. The van der Waals surface area contributed by atoms with Gasteiger partial charge < -0.3 is 0 Å². The topological polar surface area (TPSA) is 25.2 Å². The number of pyridine rings is 1. The Bertz CT molecular complexity index is 1210. The van der Waals surface area contributed by atoms with Crippen molar-refractivity contribution in [2.24, 2.45) is 4.99 Å². The molecule has 142 valence electrons. The van der Waals surface area contributed by atoms with Crippen molar-refractivity contribution < 1.29 is 0 Å². The first-order valence-corrected chi connectivity index (χ1v) is 10.3. The van der Waals surface area contributed by atoms with Gasteiger partial charge in [-0.15, -0.1) is 0 Å². The molecule has 0 bridgehead atoms. The van der Waals surface area contributed by atoms with Gasteiger partial charge in [0.2, 0.25) is 0 Å². The van der Waals surface area contributed by atoms with E-state index in [1.165, 1.54) is 33.4 Å². The molecule has 0 fully saturated rings. The lowest BCUT2D eigenvalue weighted by molar-refractivity contribution is 0.751. The van der Waals surface area contributed by atoms with E-state index >= 15 is 0 Å². The summed E-state index contributed by atoms with van der Waals surface area (Å²) >= 11 is 0. The fourth-order valence-electron chi connectivity index (χ4n) is 4.46. The maximum atomic E-state index is 5.07. The Labute approximate surface area is 172 Å². The SMILES string of the molecule is CC1=Nc2c(ccc3c(-c4ccccc4)cc(C)nc23)C(c2ccccc2)CC1. The summed E-state index contributed by atoms with van der Waals surface area (Å²) in [6.45, 7) is 4.22. The van der Waals surface area contributed by atoms with Gasteiger partial charge in [-0.1, -0.05) is 72.8 Å². The third kappa shape index (κ3) is 3.25. The summed E-state index contributed by atoms with van der Waals surface area (Å²) in [5.74, 6) is 0.347. The Hall–Kier alpha value is -3.26. The van der Waals surface area contributed by atoms with Gasteiger partial charge in [0, 0.05) is 22.7 Å². The van der Waals surface area contributed by atoms with E-state index < -0.39 is 0 Å². The Morgan fingerprint density at radius 1 is 0.828 bits per heavy atom. The summed E-state index contributed by atoms with van der Waals surface area (Å²) in [6, 6.07) is 28.1. The molecule has 29 heavy (non-hydrogen) atoms. The first-order chi connectivity index (χ1) is 14.2. The molecule has 0 aliphatic carbocycles. The number of aromatic nitrogens is 1. The largest absolute Gasteiger partial charge is 0.256 e. The molecular formula is C27H24N2. The van der Waals surface area contributed by atoms with Gasteiger partial charge in [0.25, 0.3) is 0 Å². The van der Waals surface area contributed by atoms with E-state index in [0.717, 1.165) is 29.7 Å². The van der Waals surface area contributed by atoms with Gasteiger partial charge in [-0.2, -0.15) is 0 Å². The van der Waals surface area contributed by atoms with Crippen LogP contribution in [0.15, 0.2) is 83.9 Å². The maximum absolute atomic E-state index is 5.07. The van der Waals surface area contributed by atoms with Crippen LogP contribution in [0.3, 0.4) is 0 Å². The minimum Gasteiger partial charge on any atom is -0.256 e. The number of nitrogens with zero attached hydrogens (tertiary/aromatic N) is 2. The molecule has 0 saturated carbocycles. The van der Waals surface area contributed by atoms with Gasteiger partial charge >= 0.3 is 0 Å². The van der Waals surface area contributed by atoms with Crippen LogP contribution in [0.4, 0.5) is 5.69 Å². The normalized spacial score (nSPS) is 16.2. The Morgan fingerprint density at radius 2 is 1.55 bits per heavy atom. The number of fused-ring (bicyclic) bond motifs is 3. The standard InChI is InChI=1S/C27H24N2/c1-18-13-14-22(20-9-5-3-6-10-20)23-15-16-24-25(21-11-7-4-8-12-21)17-19(2)29-27(24)26(23)28-18/h3-12,15-17,22H,13-14H2,1-2H3. The van der Waals surface area contributed by atoms with E-state index in [9.17, 15) is 0 Å². The van der Waals surface area contributed by atoms with Gasteiger partial charge in [0.1, 0.15) is 0 Å². The Balaban J connectivity index is 1.80. The lowest BCUT2D eigenvalue weighted by atomic mass is 9.85. The molecule has 4 aromatic rings. The fraction of sp³-hybridized carbons (Fsp3) is 0.185. The summed E-state index contributed by atoms with van der Waals surface area (Å²) in [4.78, 5) is 10.0. The van der Waals surface area contributed by atoms with Gasteiger partial charge in [-0.25, -0.2) is 0 Å². The van der Waals surface area contributed by atoms with Crippen LogP contribution in [0.25, 0.3) is 22.0 Å². The molecule has 2 heterocycles. The Kier molecular flexibility index (Phi) is 4.48. The van der Waals surface area contributed by atoms with Crippen molar-refractivity contribution in [2.45, 2.75) is 32.6 Å². The molecule has 5 rings (SSSR count). The van der Waals surface area contributed by atoms with E-state index in [-0.39, 0.29) is 0 Å². The molecule has 1 aliphatic rings. The molecule has 0 radical (unpaired) electrons. The zero-order chi connectivity index (χ0) is 19.8. The first kappa shape index (κ1) is 17.8. The monoisotopic (exact) mass is 376 g/mol. The second-order valence-electron chi connectivity index (χ2n) is 7.93. The summed E-state index contributed by atoms with van der Waals surface area (Å²) in [5, 5.41) is 1.17. The number of hydrogen-bond acceptors (Lipinski definition) is 2. The quantitative estimate of drug-likeness (QED) is 0.362. The molecule has 0 amide bonds. The highest BCUT2D eigenvalue weighted by Gasteiger charge is 2.23. The lowest BCUT2D eigenvalue weighted by Crippen LogP contribution is -2.02. The van der Waals surface area contributed by atoms with Crippen LogP contribution in [0.1, 0.15) is 42.5 Å². The number of benzene rings is 3. The smallest absolute Gasteiger partial charge is 0.0970 e. The molecule has 0 N–H and O–H groups in total. The molecule has 2 heteroatoms. The zero-order valence-electron chi connectivity index (χ0n) is 16.9. The second-order valence-corrected chi connectivity index (χ2v) is 7.93. The molecule has 3 aromatic carbocycles. The predicted octanol–water partition coefficient (Wildman–Crippen LogP) is 7.23. The predicted molar refractivity (Wildman–Crippen MR) is 122 cm³/mol. The molecule has 1 aromatic heterocycles. The van der Waals surface area contributed by atoms with Crippen molar-refractivity contribution in [1.82, 2.24) is 4.98 Å². The molecule has 1 aliphatic heterocycles. The van der Waals surface area contributed by atoms with E-state index in [1.807, 2.05) is 0 Å². The summed E-state index contributed by atoms with van der Waals surface area (Å²) < 4.78 is 0. The number of hydrogen-bond donors (Lipinski definition) is 0. The van der Waals surface area contributed by atoms with Crippen molar-refractivity contribution in [2.75, 3.05) is 0 Å². The molecular weight excluding hydrogens is 352 g/mol. The number of rotatable bonds is 2. The van der Waals surface area contributed by atoms with Crippen molar-refractivity contribution in [3.8, 4) is 11.1 Å². The number of aliphatic imine (C=N–C) groups is 1. The molecule has 1 atom stereocenters. The second kappa shape index (κ2) is 7.29. The van der Waals surface area contributed by atoms with E-state index in [4.69, 9.17) is 9.98 Å².